The Hall–Kier alpha value is -2.95. The highest BCUT2D eigenvalue weighted by molar-refractivity contribution is 6.09. The Morgan fingerprint density at radius 2 is 1.19 bits per heavy atom. The summed E-state index contributed by atoms with van der Waals surface area (Å²) in [6.07, 6.45) is 6.91. The third-order valence-corrected chi connectivity index (χ3v) is 4.48. The first-order chi connectivity index (χ1) is 15.6. The highest BCUT2D eigenvalue weighted by Gasteiger charge is 2.13. The summed E-state index contributed by atoms with van der Waals surface area (Å²) in [6, 6.07) is 11.1. The van der Waals surface area contributed by atoms with E-state index in [9.17, 15) is 4.79 Å². The van der Waals surface area contributed by atoms with Gasteiger partial charge >= 0.3 is 0 Å². The summed E-state index contributed by atoms with van der Waals surface area (Å²) in [5, 5.41) is 0. The molecule has 0 heterocycles. The summed E-state index contributed by atoms with van der Waals surface area (Å²) < 4.78 is 23.1. The topological polar surface area (TPSA) is 54.0 Å². The second kappa shape index (κ2) is 14.2. The van der Waals surface area contributed by atoms with Crippen molar-refractivity contribution in [3.63, 3.8) is 0 Å². The van der Waals surface area contributed by atoms with E-state index in [0.29, 0.717) is 43.5 Å². The Morgan fingerprint density at radius 1 is 0.688 bits per heavy atom. The van der Waals surface area contributed by atoms with Crippen molar-refractivity contribution >= 4 is 11.9 Å². The molecule has 32 heavy (non-hydrogen) atoms. The van der Waals surface area contributed by atoms with Crippen LogP contribution in [0.2, 0.25) is 0 Å². The van der Waals surface area contributed by atoms with E-state index in [2.05, 4.69) is 13.8 Å². The molecule has 0 aliphatic carbocycles. The van der Waals surface area contributed by atoms with Gasteiger partial charge in [0.25, 0.3) is 0 Å². The first-order valence-corrected chi connectivity index (χ1v) is 11.6. The largest absolute Gasteiger partial charge is 0.494 e. The normalized spacial score (nSPS) is 10.9. The van der Waals surface area contributed by atoms with Crippen LogP contribution in [0.4, 0.5) is 0 Å². The quantitative estimate of drug-likeness (QED) is 0.227. The number of carbonyl (C=O) groups excluding carboxylic acids is 1. The Kier molecular flexibility index (Phi) is 11.2. The van der Waals surface area contributed by atoms with Gasteiger partial charge in [-0.25, -0.2) is 0 Å². The summed E-state index contributed by atoms with van der Waals surface area (Å²) in [5.74, 6) is 2.55. The van der Waals surface area contributed by atoms with Gasteiger partial charge in [-0.1, -0.05) is 27.7 Å². The minimum atomic E-state index is -0.153. The first kappa shape index (κ1) is 25.3. The number of hydrogen-bond donors (Lipinski definition) is 0. The standard InChI is InChI=1S/C27H36O5/c1-5-15-29-22-10-13-26(31-17-7-3)21(19-22)9-12-25(28)24-20-23(30-16-6-2)11-14-27(24)32-18-8-4/h9-14,19-20H,5-8,15-18H2,1-4H3/b12-9-. The highest BCUT2D eigenvalue weighted by Crippen LogP contribution is 2.28. The number of carbonyl (C=O) groups is 1. The third-order valence-electron chi connectivity index (χ3n) is 4.48. The zero-order valence-corrected chi connectivity index (χ0v) is 19.8. The van der Waals surface area contributed by atoms with Crippen LogP contribution in [0.3, 0.4) is 0 Å². The van der Waals surface area contributed by atoms with Gasteiger partial charge < -0.3 is 18.9 Å². The van der Waals surface area contributed by atoms with Crippen LogP contribution in [0.5, 0.6) is 23.0 Å². The van der Waals surface area contributed by atoms with Gasteiger partial charge in [0, 0.05) is 5.56 Å². The molecule has 0 saturated heterocycles. The summed E-state index contributed by atoms with van der Waals surface area (Å²) in [5.41, 5.74) is 1.28. The fourth-order valence-electron chi connectivity index (χ4n) is 2.91. The van der Waals surface area contributed by atoms with Crippen LogP contribution in [0.15, 0.2) is 42.5 Å². The van der Waals surface area contributed by atoms with Crippen LogP contribution >= 0.6 is 0 Å². The molecular weight excluding hydrogens is 404 g/mol. The van der Waals surface area contributed by atoms with Crippen molar-refractivity contribution in [2.24, 2.45) is 0 Å². The zero-order valence-electron chi connectivity index (χ0n) is 19.8. The van der Waals surface area contributed by atoms with E-state index in [1.807, 2.05) is 38.1 Å². The first-order valence-electron chi connectivity index (χ1n) is 11.6. The smallest absolute Gasteiger partial charge is 0.189 e. The molecule has 5 nitrogen and oxygen atoms in total. The SMILES string of the molecule is CCCOc1ccc(OCCC)c(/C=C\C(=O)c2cc(OCCC)ccc2OCCC)c1. The van der Waals surface area contributed by atoms with Crippen molar-refractivity contribution in [3.05, 3.63) is 53.6 Å². The van der Waals surface area contributed by atoms with E-state index in [1.54, 1.807) is 24.3 Å². The van der Waals surface area contributed by atoms with Crippen LogP contribution in [0, 0.1) is 0 Å². The van der Waals surface area contributed by atoms with Gasteiger partial charge in [-0.15, -0.1) is 0 Å². The molecule has 2 aromatic carbocycles. The predicted molar refractivity (Wildman–Crippen MR) is 129 cm³/mol. The Labute approximate surface area is 192 Å². The third kappa shape index (κ3) is 7.95. The van der Waals surface area contributed by atoms with Gasteiger partial charge in [0.05, 0.1) is 32.0 Å². The van der Waals surface area contributed by atoms with Gasteiger partial charge in [0.2, 0.25) is 0 Å². The molecule has 0 aliphatic heterocycles. The molecule has 0 radical (unpaired) electrons. The van der Waals surface area contributed by atoms with Crippen molar-refractivity contribution in [1.82, 2.24) is 0 Å². The van der Waals surface area contributed by atoms with Crippen molar-refractivity contribution in [1.29, 1.82) is 0 Å². The molecular formula is C27H36O5. The molecule has 0 aromatic heterocycles. The Balaban J connectivity index is 2.31. The summed E-state index contributed by atoms with van der Waals surface area (Å²) in [4.78, 5) is 13.1. The van der Waals surface area contributed by atoms with Crippen LogP contribution < -0.4 is 18.9 Å². The van der Waals surface area contributed by atoms with Crippen molar-refractivity contribution in [3.8, 4) is 23.0 Å². The van der Waals surface area contributed by atoms with Gasteiger partial charge in [-0.2, -0.15) is 0 Å². The maximum Gasteiger partial charge on any atom is 0.189 e. The molecule has 0 atom stereocenters. The number of benzene rings is 2. The van der Waals surface area contributed by atoms with Crippen LogP contribution in [-0.4, -0.2) is 32.2 Å². The second-order valence-electron chi connectivity index (χ2n) is 7.45. The van der Waals surface area contributed by atoms with Crippen molar-refractivity contribution < 1.29 is 23.7 Å². The van der Waals surface area contributed by atoms with Crippen LogP contribution in [-0.2, 0) is 0 Å². The predicted octanol–water partition coefficient (Wildman–Crippen LogP) is 6.74. The maximum absolute atomic E-state index is 13.1. The fourth-order valence-corrected chi connectivity index (χ4v) is 2.91. The molecule has 0 bridgehead atoms. The number of allylic oxidation sites excluding steroid dienone is 1. The molecule has 0 N–H and O–H groups in total. The van der Waals surface area contributed by atoms with Crippen LogP contribution in [0.25, 0.3) is 6.08 Å². The minimum Gasteiger partial charge on any atom is -0.494 e. The number of rotatable bonds is 15. The van der Waals surface area contributed by atoms with E-state index >= 15 is 0 Å². The zero-order chi connectivity index (χ0) is 23.2. The second-order valence-corrected chi connectivity index (χ2v) is 7.45. The summed E-state index contributed by atoms with van der Waals surface area (Å²) in [7, 11) is 0. The number of ketones is 1. The summed E-state index contributed by atoms with van der Waals surface area (Å²) >= 11 is 0. The molecule has 0 fully saturated rings. The van der Waals surface area contributed by atoms with E-state index in [4.69, 9.17) is 18.9 Å². The minimum absolute atomic E-state index is 0.153. The molecule has 0 spiro atoms. The highest BCUT2D eigenvalue weighted by atomic mass is 16.5. The number of ether oxygens (including phenoxy) is 4. The monoisotopic (exact) mass is 440 g/mol. The van der Waals surface area contributed by atoms with Crippen molar-refractivity contribution in [2.45, 2.75) is 53.4 Å². The van der Waals surface area contributed by atoms with Gasteiger partial charge in [-0.3, -0.25) is 4.79 Å². The molecule has 174 valence electrons. The van der Waals surface area contributed by atoms with Gasteiger partial charge in [0.1, 0.15) is 23.0 Å². The lowest BCUT2D eigenvalue weighted by Gasteiger charge is -2.12. The van der Waals surface area contributed by atoms with E-state index in [-0.39, 0.29) is 5.78 Å². The average Bonchev–Trinajstić information content (AvgIpc) is 2.82. The molecule has 0 saturated carbocycles. The lowest BCUT2D eigenvalue weighted by molar-refractivity contribution is 0.104. The Bertz CT molecular complexity index is 872. The van der Waals surface area contributed by atoms with Crippen molar-refractivity contribution in [2.75, 3.05) is 26.4 Å². The molecule has 0 amide bonds. The molecule has 2 aromatic rings. The number of hydrogen-bond acceptors (Lipinski definition) is 5. The molecule has 0 unspecified atom stereocenters. The lowest BCUT2D eigenvalue weighted by Crippen LogP contribution is -2.04. The summed E-state index contributed by atoms with van der Waals surface area (Å²) in [6.45, 7) is 10.6. The maximum atomic E-state index is 13.1. The van der Waals surface area contributed by atoms with Gasteiger partial charge in [-0.05, 0) is 74.2 Å². The Morgan fingerprint density at radius 3 is 1.78 bits per heavy atom. The fraction of sp³-hybridized carbons (Fsp3) is 0.444. The average molecular weight is 441 g/mol. The lowest BCUT2D eigenvalue weighted by atomic mass is 10.1. The molecule has 5 heteroatoms. The van der Waals surface area contributed by atoms with Gasteiger partial charge in [0.15, 0.2) is 5.78 Å². The molecule has 2 rings (SSSR count). The van der Waals surface area contributed by atoms with E-state index < -0.39 is 0 Å². The van der Waals surface area contributed by atoms with E-state index in [1.165, 1.54) is 0 Å². The molecule has 0 aliphatic rings. The van der Waals surface area contributed by atoms with E-state index in [0.717, 1.165) is 42.7 Å². The van der Waals surface area contributed by atoms with Crippen LogP contribution in [0.1, 0.15) is 69.3 Å².